The molecule has 0 bridgehead atoms. The predicted octanol–water partition coefficient (Wildman–Crippen LogP) is 3.24. The molecule has 0 amide bonds. The van der Waals surface area contributed by atoms with Gasteiger partial charge in [0, 0.05) is 18.2 Å². The molecule has 0 unspecified atom stereocenters. The molecular weight excluding hydrogens is 259 g/mol. The number of hydrogen-bond acceptors (Lipinski definition) is 3. The smallest absolute Gasteiger partial charge is 0.417 e. The van der Waals surface area contributed by atoms with Gasteiger partial charge in [-0.2, -0.15) is 13.2 Å². The van der Waals surface area contributed by atoms with Crippen molar-refractivity contribution in [3.63, 3.8) is 0 Å². The van der Waals surface area contributed by atoms with Gasteiger partial charge in [-0.3, -0.25) is 0 Å². The summed E-state index contributed by atoms with van der Waals surface area (Å²) in [5.41, 5.74) is -0.787. The highest BCUT2D eigenvalue weighted by atomic mass is 19.4. The summed E-state index contributed by atoms with van der Waals surface area (Å²) in [4.78, 5) is 14.3. The first-order valence-corrected chi connectivity index (χ1v) is 6.14. The summed E-state index contributed by atoms with van der Waals surface area (Å²) in [6.07, 6.45) is 0.245. The molecule has 104 valence electrons. The van der Waals surface area contributed by atoms with Crippen molar-refractivity contribution in [2.24, 2.45) is 5.92 Å². The summed E-state index contributed by atoms with van der Waals surface area (Å²) < 4.78 is 42.6. The highest BCUT2D eigenvalue weighted by Crippen LogP contribution is 2.30. The van der Waals surface area contributed by atoms with Gasteiger partial charge in [0.05, 0.1) is 5.56 Å². The number of carbonyl (C=O) groups is 1. The number of ether oxygens (including phenoxy) is 1. The Bertz CT molecular complexity index is 423. The highest BCUT2D eigenvalue weighted by molar-refractivity contribution is 5.53. The Morgan fingerprint density at radius 1 is 1.21 bits per heavy atom. The van der Waals surface area contributed by atoms with E-state index in [1.807, 2.05) is 0 Å². The van der Waals surface area contributed by atoms with E-state index < -0.39 is 11.7 Å². The molecule has 1 aliphatic rings. The topological polar surface area (TPSA) is 39.2 Å². The number of carbonyl (C=O) groups excluding carboxylic acids is 1. The van der Waals surface area contributed by atoms with Crippen LogP contribution in [-0.4, -0.2) is 17.4 Å². The number of aldehydes is 1. The first-order chi connectivity index (χ1) is 8.99. The van der Waals surface area contributed by atoms with Crippen LogP contribution in [0.5, 0.6) is 5.88 Å². The third-order valence-electron chi connectivity index (χ3n) is 3.26. The summed E-state index contributed by atoms with van der Waals surface area (Å²) in [6.45, 7) is 0. The molecule has 0 aromatic carbocycles. The maximum Gasteiger partial charge on any atom is 0.417 e. The third-order valence-corrected chi connectivity index (χ3v) is 3.26. The van der Waals surface area contributed by atoms with Crippen molar-refractivity contribution in [3.05, 3.63) is 23.9 Å². The molecular formula is C13H14F3NO2. The molecule has 0 radical (unpaired) electrons. The van der Waals surface area contributed by atoms with Crippen LogP contribution in [0.1, 0.15) is 31.2 Å². The Balaban J connectivity index is 1.92. The van der Waals surface area contributed by atoms with Crippen LogP contribution in [0.25, 0.3) is 0 Å². The van der Waals surface area contributed by atoms with Gasteiger partial charge in [-0.15, -0.1) is 0 Å². The zero-order chi connectivity index (χ0) is 13.9. The minimum Gasteiger partial charge on any atom is -0.474 e. The molecule has 0 spiro atoms. The Labute approximate surface area is 108 Å². The van der Waals surface area contributed by atoms with Gasteiger partial charge in [0.2, 0.25) is 5.88 Å². The molecule has 1 saturated carbocycles. The van der Waals surface area contributed by atoms with Gasteiger partial charge >= 0.3 is 6.18 Å². The molecule has 1 fully saturated rings. The van der Waals surface area contributed by atoms with Crippen molar-refractivity contribution in [1.82, 2.24) is 4.98 Å². The molecule has 0 N–H and O–H groups in total. The summed E-state index contributed by atoms with van der Waals surface area (Å²) in [7, 11) is 0. The predicted molar refractivity (Wildman–Crippen MR) is 61.7 cm³/mol. The van der Waals surface area contributed by atoms with Gasteiger partial charge in [-0.05, 0) is 31.7 Å². The lowest BCUT2D eigenvalue weighted by molar-refractivity contribution is -0.137. The fourth-order valence-corrected chi connectivity index (χ4v) is 2.13. The van der Waals surface area contributed by atoms with Crippen molar-refractivity contribution in [2.75, 3.05) is 0 Å². The fourth-order valence-electron chi connectivity index (χ4n) is 2.13. The maximum absolute atomic E-state index is 12.3. The standard InChI is InChI=1S/C13H14F3NO2/c14-13(15,16)10-3-6-12(17-7-10)19-11-4-1-9(8-18)2-5-11/h3,6-9,11H,1-2,4-5H2/t9-,11+. The van der Waals surface area contributed by atoms with Gasteiger partial charge in [0.25, 0.3) is 0 Å². The minimum atomic E-state index is -4.38. The molecule has 1 aromatic rings. The average molecular weight is 273 g/mol. The summed E-state index contributed by atoms with van der Waals surface area (Å²) >= 11 is 0. The van der Waals surface area contributed by atoms with E-state index in [1.54, 1.807) is 0 Å². The number of pyridine rings is 1. The van der Waals surface area contributed by atoms with Crippen LogP contribution in [0, 0.1) is 5.92 Å². The first-order valence-electron chi connectivity index (χ1n) is 6.14. The normalized spacial score (nSPS) is 23.9. The molecule has 0 aliphatic heterocycles. The largest absolute Gasteiger partial charge is 0.474 e. The molecule has 19 heavy (non-hydrogen) atoms. The lowest BCUT2D eigenvalue weighted by Crippen LogP contribution is -2.25. The minimum absolute atomic E-state index is 0.0690. The second-order valence-corrected chi connectivity index (χ2v) is 4.67. The van der Waals surface area contributed by atoms with Crippen molar-refractivity contribution < 1.29 is 22.7 Å². The number of alkyl halides is 3. The Kier molecular flexibility index (Phi) is 4.07. The van der Waals surface area contributed by atoms with E-state index >= 15 is 0 Å². The van der Waals surface area contributed by atoms with E-state index in [4.69, 9.17) is 4.74 Å². The quantitative estimate of drug-likeness (QED) is 0.794. The first kappa shape index (κ1) is 13.8. The Morgan fingerprint density at radius 3 is 2.37 bits per heavy atom. The lowest BCUT2D eigenvalue weighted by Gasteiger charge is -2.25. The van der Waals surface area contributed by atoms with Gasteiger partial charge in [-0.25, -0.2) is 4.98 Å². The van der Waals surface area contributed by atoms with Crippen LogP contribution in [0.2, 0.25) is 0 Å². The van der Waals surface area contributed by atoms with E-state index in [9.17, 15) is 18.0 Å². The SMILES string of the molecule is O=C[C@H]1CC[C@@H](Oc2ccc(C(F)(F)F)cn2)CC1. The monoisotopic (exact) mass is 273 g/mol. The van der Waals surface area contributed by atoms with Crippen LogP contribution in [0.4, 0.5) is 13.2 Å². The molecule has 0 atom stereocenters. The van der Waals surface area contributed by atoms with Crippen LogP contribution in [0.15, 0.2) is 18.3 Å². The van der Waals surface area contributed by atoms with E-state index in [0.717, 1.165) is 44.2 Å². The molecule has 3 nitrogen and oxygen atoms in total. The third kappa shape index (κ3) is 3.68. The number of aromatic nitrogens is 1. The van der Waals surface area contributed by atoms with Crippen molar-refractivity contribution in [3.8, 4) is 5.88 Å². The number of nitrogens with zero attached hydrogens (tertiary/aromatic N) is 1. The molecule has 1 aromatic heterocycles. The molecule has 1 aliphatic carbocycles. The second-order valence-electron chi connectivity index (χ2n) is 4.67. The van der Waals surface area contributed by atoms with E-state index in [0.29, 0.717) is 0 Å². The number of rotatable bonds is 3. The summed E-state index contributed by atoms with van der Waals surface area (Å²) in [5.74, 6) is 0.281. The summed E-state index contributed by atoms with van der Waals surface area (Å²) in [6, 6.07) is 2.19. The van der Waals surface area contributed by atoms with Crippen molar-refractivity contribution in [1.29, 1.82) is 0 Å². The van der Waals surface area contributed by atoms with Crippen molar-refractivity contribution >= 4 is 6.29 Å². The maximum atomic E-state index is 12.3. The highest BCUT2D eigenvalue weighted by Gasteiger charge is 2.31. The van der Waals surface area contributed by atoms with Gasteiger partial charge in [0.15, 0.2) is 0 Å². The van der Waals surface area contributed by atoms with Crippen molar-refractivity contribution in [2.45, 2.75) is 38.0 Å². The van der Waals surface area contributed by atoms with Gasteiger partial charge in [-0.1, -0.05) is 0 Å². The fraction of sp³-hybridized carbons (Fsp3) is 0.538. The number of halogens is 3. The van der Waals surface area contributed by atoms with E-state index in [2.05, 4.69) is 4.98 Å². The van der Waals surface area contributed by atoms with Gasteiger partial charge in [0.1, 0.15) is 12.4 Å². The Hall–Kier alpha value is -1.59. The van der Waals surface area contributed by atoms with E-state index in [1.165, 1.54) is 6.07 Å². The Morgan fingerprint density at radius 2 is 1.89 bits per heavy atom. The summed E-state index contributed by atoms with van der Waals surface area (Å²) in [5, 5.41) is 0. The number of hydrogen-bond donors (Lipinski definition) is 0. The van der Waals surface area contributed by atoms with Crippen LogP contribution < -0.4 is 4.74 Å². The van der Waals surface area contributed by atoms with Gasteiger partial charge < -0.3 is 9.53 Å². The van der Waals surface area contributed by atoms with E-state index in [-0.39, 0.29) is 17.9 Å². The molecule has 2 rings (SSSR count). The molecule has 1 heterocycles. The molecule has 6 heteroatoms. The van der Waals surface area contributed by atoms with Crippen LogP contribution >= 0.6 is 0 Å². The zero-order valence-corrected chi connectivity index (χ0v) is 10.2. The average Bonchev–Trinajstić information content (AvgIpc) is 2.39. The lowest BCUT2D eigenvalue weighted by atomic mass is 9.88. The van der Waals surface area contributed by atoms with Crippen LogP contribution in [-0.2, 0) is 11.0 Å². The zero-order valence-electron chi connectivity index (χ0n) is 10.2. The van der Waals surface area contributed by atoms with Crippen LogP contribution in [0.3, 0.4) is 0 Å². The molecule has 0 saturated heterocycles. The second kappa shape index (κ2) is 5.59.